The number of nitrogens with zero attached hydrogens (tertiary/aromatic N) is 2. The van der Waals surface area contributed by atoms with Crippen molar-refractivity contribution in [3.8, 4) is 6.07 Å². The van der Waals surface area contributed by atoms with Crippen LogP contribution < -0.4 is 0 Å². The van der Waals surface area contributed by atoms with Crippen LogP contribution in [0.1, 0.15) is 0 Å². The quantitative estimate of drug-likeness (QED) is 0.392. The molecule has 0 atom stereocenters. The first-order valence-corrected chi connectivity index (χ1v) is 1.87. The molecule has 0 aliphatic heterocycles. The Morgan fingerprint density at radius 2 is 2.62 bits per heavy atom. The maximum absolute atomic E-state index is 9.62. The summed E-state index contributed by atoms with van der Waals surface area (Å²) in [6.07, 6.45) is 0.698. The fourth-order valence-electron chi connectivity index (χ4n) is 0.165. The zero-order valence-corrected chi connectivity index (χ0v) is 4.03. The highest BCUT2D eigenvalue weighted by molar-refractivity contribution is 6.21. The van der Waals surface area contributed by atoms with Gasteiger partial charge in [-0.3, -0.25) is 4.99 Å². The van der Waals surface area contributed by atoms with E-state index in [1.165, 1.54) is 0 Å². The molecule has 4 heteroatoms. The van der Waals surface area contributed by atoms with E-state index in [0.717, 1.165) is 0 Å². The van der Waals surface area contributed by atoms with Crippen LogP contribution in [0.5, 0.6) is 0 Å². The van der Waals surface area contributed by atoms with Crippen LogP contribution in [0.15, 0.2) is 4.99 Å². The Kier molecular flexibility index (Phi) is 3.16. The summed E-state index contributed by atoms with van der Waals surface area (Å²) in [5, 5.41) is 15.7. The highest BCUT2D eigenvalue weighted by atomic mass is 16.4. The van der Waals surface area contributed by atoms with Gasteiger partial charge in [-0.15, -0.1) is 0 Å². The van der Waals surface area contributed by atoms with Gasteiger partial charge in [0.15, 0.2) is 0 Å². The normalized spacial score (nSPS) is 8.88. The predicted molar refractivity (Wildman–Crippen MR) is 26.6 cm³/mol. The van der Waals surface area contributed by atoms with Crippen molar-refractivity contribution in [3.05, 3.63) is 0 Å². The molecule has 0 saturated carbocycles. The van der Waals surface area contributed by atoms with Crippen molar-refractivity contribution in [1.29, 1.82) is 5.26 Å². The molecule has 0 aromatic carbocycles. The Morgan fingerprint density at radius 3 is 3.00 bits per heavy atom. The van der Waals surface area contributed by atoms with Gasteiger partial charge in [0.05, 0.1) is 6.07 Å². The van der Waals surface area contributed by atoms with E-state index < -0.39 is 5.97 Å². The van der Waals surface area contributed by atoms with E-state index in [4.69, 9.17) is 10.4 Å². The van der Waals surface area contributed by atoms with Crippen LogP contribution in [0.25, 0.3) is 0 Å². The Bertz CT molecular complexity index is 145. The van der Waals surface area contributed by atoms with E-state index >= 15 is 0 Å². The second kappa shape index (κ2) is 3.81. The van der Waals surface area contributed by atoms with Gasteiger partial charge in [-0.25, -0.2) is 4.79 Å². The lowest BCUT2D eigenvalue weighted by molar-refractivity contribution is -0.128. The molecule has 0 amide bonds. The van der Waals surface area contributed by atoms with Gasteiger partial charge in [0.2, 0.25) is 0 Å². The average Bonchev–Trinajstić information content (AvgIpc) is 1.66. The van der Waals surface area contributed by atoms with Crippen molar-refractivity contribution in [2.75, 3.05) is 6.54 Å². The molecule has 0 bridgehead atoms. The molecule has 0 heterocycles. The monoisotopic (exact) mass is 112 g/mol. The van der Waals surface area contributed by atoms with Crippen LogP contribution in [-0.4, -0.2) is 23.8 Å². The van der Waals surface area contributed by atoms with Crippen LogP contribution in [0.3, 0.4) is 0 Å². The molecule has 0 radical (unpaired) electrons. The molecule has 1 N–H and O–H groups in total. The van der Waals surface area contributed by atoms with Crippen molar-refractivity contribution in [2.24, 2.45) is 4.99 Å². The highest BCUT2D eigenvalue weighted by Crippen LogP contribution is 1.61. The molecular formula is C4H4N2O2. The average molecular weight is 112 g/mol. The predicted octanol–water partition coefficient (Wildman–Crippen LogP) is -0.335. The van der Waals surface area contributed by atoms with Crippen molar-refractivity contribution < 1.29 is 9.90 Å². The number of carboxylic acids is 1. The van der Waals surface area contributed by atoms with E-state index in [9.17, 15) is 4.79 Å². The second-order valence-electron chi connectivity index (χ2n) is 0.966. The Morgan fingerprint density at radius 1 is 2.00 bits per heavy atom. The van der Waals surface area contributed by atoms with Gasteiger partial charge >= 0.3 is 5.97 Å². The molecule has 0 unspecified atom stereocenters. The topological polar surface area (TPSA) is 73.5 Å². The van der Waals surface area contributed by atoms with Crippen molar-refractivity contribution in [1.82, 2.24) is 0 Å². The van der Waals surface area contributed by atoms with Crippen LogP contribution in [0.4, 0.5) is 0 Å². The first-order valence-electron chi connectivity index (χ1n) is 1.87. The summed E-state index contributed by atoms with van der Waals surface area (Å²) >= 11 is 0. The smallest absolute Gasteiger partial charge is 0.346 e. The van der Waals surface area contributed by atoms with Crippen molar-refractivity contribution in [2.45, 2.75) is 0 Å². The number of nitriles is 1. The minimum atomic E-state index is -1.12. The van der Waals surface area contributed by atoms with E-state index in [1.807, 2.05) is 0 Å². The Hall–Kier alpha value is -1.37. The summed E-state index contributed by atoms with van der Waals surface area (Å²) in [5.41, 5.74) is 0. The summed E-state index contributed by atoms with van der Waals surface area (Å²) in [5.74, 6) is -1.12. The summed E-state index contributed by atoms with van der Waals surface area (Å²) in [7, 11) is 0. The molecule has 0 aliphatic carbocycles. The molecule has 42 valence electrons. The third-order valence-corrected chi connectivity index (χ3v) is 0.364. The fourth-order valence-corrected chi connectivity index (χ4v) is 0.165. The van der Waals surface area contributed by atoms with E-state index in [1.54, 1.807) is 6.07 Å². The van der Waals surface area contributed by atoms with Gasteiger partial charge < -0.3 is 5.11 Å². The van der Waals surface area contributed by atoms with E-state index in [0.29, 0.717) is 6.21 Å². The van der Waals surface area contributed by atoms with E-state index in [-0.39, 0.29) is 6.54 Å². The van der Waals surface area contributed by atoms with Gasteiger partial charge in [0.25, 0.3) is 0 Å². The third-order valence-electron chi connectivity index (χ3n) is 0.364. The molecule has 4 nitrogen and oxygen atoms in total. The molecule has 0 saturated heterocycles. The minimum Gasteiger partial charge on any atom is -0.477 e. The lowest BCUT2D eigenvalue weighted by Gasteiger charge is -1.73. The van der Waals surface area contributed by atoms with Crippen molar-refractivity contribution in [3.63, 3.8) is 0 Å². The summed E-state index contributed by atoms with van der Waals surface area (Å²) < 4.78 is 0. The van der Waals surface area contributed by atoms with E-state index in [2.05, 4.69) is 4.99 Å². The Balaban J connectivity index is 3.38. The van der Waals surface area contributed by atoms with Crippen molar-refractivity contribution >= 4 is 12.2 Å². The van der Waals surface area contributed by atoms with Gasteiger partial charge in [0, 0.05) is 0 Å². The second-order valence-corrected chi connectivity index (χ2v) is 0.966. The zero-order chi connectivity index (χ0) is 6.41. The van der Waals surface area contributed by atoms with Crippen LogP contribution in [0, 0.1) is 11.3 Å². The minimum absolute atomic E-state index is 0.0910. The molecule has 0 aromatic rings. The van der Waals surface area contributed by atoms with Crippen LogP contribution in [0.2, 0.25) is 0 Å². The number of rotatable bonds is 2. The fraction of sp³-hybridized carbons (Fsp3) is 0.250. The summed E-state index contributed by atoms with van der Waals surface area (Å²) in [6.45, 7) is -0.0910. The standard InChI is InChI=1S/C4H4N2O2/c5-1-2-6-3-4(7)8/h3H,2H2,(H,7,8)/b6-3-. The molecule has 0 rings (SSSR count). The molecule has 0 fully saturated rings. The molecule has 0 spiro atoms. The maximum atomic E-state index is 9.62. The number of carboxylic acid groups (broad SMARTS) is 1. The maximum Gasteiger partial charge on any atom is 0.346 e. The highest BCUT2D eigenvalue weighted by Gasteiger charge is 1.82. The molecule has 8 heavy (non-hydrogen) atoms. The number of carbonyl (C=O) groups is 1. The van der Waals surface area contributed by atoms with Gasteiger partial charge in [-0.05, 0) is 0 Å². The molecule has 0 aliphatic rings. The van der Waals surface area contributed by atoms with Gasteiger partial charge in [0.1, 0.15) is 12.8 Å². The molecule has 0 aromatic heterocycles. The van der Waals surface area contributed by atoms with Crippen LogP contribution >= 0.6 is 0 Å². The first-order chi connectivity index (χ1) is 3.77. The number of hydrogen-bond donors (Lipinski definition) is 1. The number of hydrogen-bond acceptors (Lipinski definition) is 3. The SMILES string of the molecule is N#CC/N=C\C(=O)O. The van der Waals surface area contributed by atoms with Crippen LogP contribution in [-0.2, 0) is 4.79 Å². The van der Waals surface area contributed by atoms with Gasteiger partial charge in [-0.1, -0.05) is 0 Å². The number of aliphatic carboxylic acids is 1. The number of aliphatic imine (C=N–C) groups is 1. The summed E-state index contributed by atoms with van der Waals surface area (Å²) in [4.78, 5) is 12.8. The largest absolute Gasteiger partial charge is 0.477 e. The Labute approximate surface area is 46.1 Å². The lowest BCUT2D eigenvalue weighted by atomic mass is 10.7. The van der Waals surface area contributed by atoms with Gasteiger partial charge in [-0.2, -0.15) is 5.26 Å². The first kappa shape index (κ1) is 6.63. The third kappa shape index (κ3) is 4.63. The lowest BCUT2D eigenvalue weighted by Crippen LogP contribution is -1.94. The summed E-state index contributed by atoms with van der Waals surface area (Å²) in [6, 6.07) is 1.66. The molecular weight excluding hydrogens is 108 g/mol. The zero-order valence-electron chi connectivity index (χ0n) is 4.03.